The SMILES string of the molecule is CC(C)O[C@@H]1C=C[C@H](C)[C@@H](CO)O1. The van der Waals surface area contributed by atoms with Crippen LogP contribution in [0.4, 0.5) is 0 Å². The van der Waals surface area contributed by atoms with Crippen LogP contribution in [0.15, 0.2) is 12.2 Å². The lowest BCUT2D eigenvalue weighted by Gasteiger charge is -2.30. The Balaban J connectivity index is 2.48. The number of rotatable bonds is 3. The third kappa shape index (κ3) is 3.10. The van der Waals surface area contributed by atoms with Crippen LogP contribution < -0.4 is 0 Å². The molecule has 1 aliphatic heterocycles. The van der Waals surface area contributed by atoms with E-state index in [4.69, 9.17) is 14.6 Å². The normalized spacial score (nSPS) is 34.1. The summed E-state index contributed by atoms with van der Waals surface area (Å²) in [6.07, 6.45) is 3.64. The molecule has 76 valence electrons. The van der Waals surface area contributed by atoms with Gasteiger partial charge in [0.25, 0.3) is 0 Å². The highest BCUT2D eigenvalue weighted by Crippen LogP contribution is 2.19. The van der Waals surface area contributed by atoms with Crippen molar-refractivity contribution in [1.29, 1.82) is 0 Å². The van der Waals surface area contributed by atoms with E-state index in [1.165, 1.54) is 0 Å². The van der Waals surface area contributed by atoms with Crippen molar-refractivity contribution >= 4 is 0 Å². The largest absolute Gasteiger partial charge is 0.394 e. The Labute approximate surface area is 79.3 Å². The fourth-order valence-electron chi connectivity index (χ4n) is 1.29. The van der Waals surface area contributed by atoms with Crippen LogP contribution in [0.1, 0.15) is 20.8 Å². The van der Waals surface area contributed by atoms with Crippen LogP contribution >= 0.6 is 0 Å². The molecule has 0 unspecified atom stereocenters. The molecule has 0 radical (unpaired) electrons. The van der Waals surface area contributed by atoms with Crippen molar-refractivity contribution in [3.05, 3.63) is 12.2 Å². The zero-order valence-corrected chi connectivity index (χ0v) is 8.43. The first-order valence-electron chi connectivity index (χ1n) is 4.73. The average molecular weight is 186 g/mol. The fraction of sp³-hybridized carbons (Fsp3) is 0.800. The predicted molar refractivity (Wildman–Crippen MR) is 50.3 cm³/mol. The molecule has 0 saturated heterocycles. The molecule has 0 saturated carbocycles. The van der Waals surface area contributed by atoms with E-state index in [1.54, 1.807) is 0 Å². The second kappa shape index (κ2) is 4.74. The van der Waals surface area contributed by atoms with Crippen LogP contribution in [0.2, 0.25) is 0 Å². The minimum Gasteiger partial charge on any atom is -0.394 e. The molecule has 0 aromatic rings. The molecule has 1 rings (SSSR count). The third-order valence-electron chi connectivity index (χ3n) is 2.05. The Morgan fingerprint density at radius 3 is 2.69 bits per heavy atom. The van der Waals surface area contributed by atoms with Crippen LogP contribution in [0.5, 0.6) is 0 Å². The summed E-state index contributed by atoms with van der Waals surface area (Å²) < 4.78 is 11.0. The Morgan fingerprint density at radius 2 is 2.15 bits per heavy atom. The molecule has 1 heterocycles. The lowest BCUT2D eigenvalue weighted by Crippen LogP contribution is -2.35. The molecule has 0 fully saturated rings. The number of aliphatic hydroxyl groups excluding tert-OH is 1. The van der Waals surface area contributed by atoms with Gasteiger partial charge >= 0.3 is 0 Å². The van der Waals surface area contributed by atoms with Gasteiger partial charge in [0.2, 0.25) is 0 Å². The average Bonchev–Trinajstić information content (AvgIpc) is 2.07. The van der Waals surface area contributed by atoms with Crippen LogP contribution in [-0.4, -0.2) is 30.2 Å². The van der Waals surface area contributed by atoms with Crippen molar-refractivity contribution in [1.82, 2.24) is 0 Å². The molecule has 1 N–H and O–H groups in total. The standard InChI is InChI=1S/C10H18O3/c1-7(2)12-10-5-4-8(3)9(6-11)13-10/h4-5,7-11H,6H2,1-3H3/t8-,9+,10-/m0/s1. The van der Waals surface area contributed by atoms with Crippen molar-refractivity contribution in [2.45, 2.75) is 39.3 Å². The predicted octanol–water partition coefficient (Wildman–Crippen LogP) is 1.32. The highest BCUT2D eigenvalue weighted by molar-refractivity contribution is 4.97. The van der Waals surface area contributed by atoms with Gasteiger partial charge in [-0.1, -0.05) is 13.0 Å². The summed E-state index contributed by atoms with van der Waals surface area (Å²) in [6, 6.07) is 0. The van der Waals surface area contributed by atoms with Gasteiger partial charge in [-0.15, -0.1) is 0 Å². The molecule has 0 spiro atoms. The van der Waals surface area contributed by atoms with Gasteiger partial charge in [0.15, 0.2) is 6.29 Å². The number of aliphatic hydroxyl groups is 1. The quantitative estimate of drug-likeness (QED) is 0.676. The second-order valence-corrected chi connectivity index (χ2v) is 3.65. The summed E-state index contributed by atoms with van der Waals surface area (Å²) in [6.45, 7) is 5.98. The van der Waals surface area contributed by atoms with E-state index < -0.39 is 0 Å². The number of hydrogen-bond donors (Lipinski definition) is 1. The van der Waals surface area contributed by atoms with Crippen LogP contribution in [0, 0.1) is 5.92 Å². The first-order chi connectivity index (χ1) is 6.13. The minimum atomic E-state index is -0.298. The topological polar surface area (TPSA) is 38.7 Å². The molecule has 3 heteroatoms. The maximum Gasteiger partial charge on any atom is 0.177 e. The molecule has 3 nitrogen and oxygen atoms in total. The molecule has 0 aliphatic carbocycles. The molecule has 0 bridgehead atoms. The zero-order chi connectivity index (χ0) is 9.84. The van der Waals surface area contributed by atoms with Crippen LogP contribution in [0.3, 0.4) is 0 Å². The molecule has 13 heavy (non-hydrogen) atoms. The highest BCUT2D eigenvalue weighted by Gasteiger charge is 2.24. The summed E-state index contributed by atoms with van der Waals surface area (Å²) in [4.78, 5) is 0. The van der Waals surface area contributed by atoms with E-state index in [0.717, 1.165) is 0 Å². The second-order valence-electron chi connectivity index (χ2n) is 3.65. The highest BCUT2D eigenvalue weighted by atomic mass is 16.7. The molecular formula is C10H18O3. The van der Waals surface area contributed by atoms with Gasteiger partial charge in [0.1, 0.15) is 0 Å². The van der Waals surface area contributed by atoms with Crippen LogP contribution in [-0.2, 0) is 9.47 Å². The monoisotopic (exact) mass is 186 g/mol. The summed E-state index contributed by atoms with van der Waals surface area (Å²) in [5.74, 6) is 0.261. The van der Waals surface area contributed by atoms with Gasteiger partial charge in [0, 0.05) is 5.92 Å². The van der Waals surface area contributed by atoms with Gasteiger partial charge in [-0.25, -0.2) is 0 Å². The number of hydrogen-bond acceptors (Lipinski definition) is 3. The Morgan fingerprint density at radius 1 is 1.46 bits per heavy atom. The maximum absolute atomic E-state index is 9.00. The van der Waals surface area contributed by atoms with Gasteiger partial charge < -0.3 is 14.6 Å². The van der Waals surface area contributed by atoms with E-state index in [-0.39, 0.29) is 31.0 Å². The Kier molecular flexibility index (Phi) is 3.90. The maximum atomic E-state index is 9.00. The van der Waals surface area contributed by atoms with Crippen LogP contribution in [0.25, 0.3) is 0 Å². The van der Waals surface area contributed by atoms with Gasteiger partial charge in [0.05, 0.1) is 18.8 Å². The first-order valence-corrected chi connectivity index (χ1v) is 4.73. The Hall–Kier alpha value is -0.380. The van der Waals surface area contributed by atoms with Crippen molar-refractivity contribution in [3.63, 3.8) is 0 Å². The van der Waals surface area contributed by atoms with E-state index in [0.29, 0.717) is 0 Å². The molecule has 3 atom stereocenters. The van der Waals surface area contributed by atoms with Crippen molar-refractivity contribution < 1.29 is 14.6 Å². The van der Waals surface area contributed by atoms with E-state index in [1.807, 2.05) is 32.9 Å². The van der Waals surface area contributed by atoms with E-state index in [9.17, 15) is 0 Å². The van der Waals surface area contributed by atoms with Crippen molar-refractivity contribution in [2.24, 2.45) is 5.92 Å². The molecule has 0 aromatic heterocycles. The number of ether oxygens (including phenoxy) is 2. The summed E-state index contributed by atoms with van der Waals surface area (Å²) in [5, 5.41) is 9.00. The molecule has 0 amide bonds. The smallest absolute Gasteiger partial charge is 0.177 e. The van der Waals surface area contributed by atoms with Gasteiger partial charge in [-0.2, -0.15) is 0 Å². The van der Waals surface area contributed by atoms with E-state index in [2.05, 4.69) is 0 Å². The molecular weight excluding hydrogens is 168 g/mol. The minimum absolute atomic E-state index is 0.0451. The Bertz CT molecular complexity index is 177. The van der Waals surface area contributed by atoms with Crippen molar-refractivity contribution in [2.75, 3.05) is 6.61 Å². The molecule has 0 aromatic carbocycles. The first kappa shape index (κ1) is 10.7. The summed E-state index contributed by atoms with van der Waals surface area (Å²) >= 11 is 0. The van der Waals surface area contributed by atoms with Gasteiger partial charge in [-0.05, 0) is 19.9 Å². The zero-order valence-electron chi connectivity index (χ0n) is 8.43. The van der Waals surface area contributed by atoms with Crippen molar-refractivity contribution in [3.8, 4) is 0 Å². The molecule has 1 aliphatic rings. The lowest BCUT2D eigenvalue weighted by atomic mass is 10.0. The third-order valence-corrected chi connectivity index (χ3v) is 2.05. The van der Waals surface area contributed by atoms with Gasteiger partial charge in [-0.3, -0.25) is 0 Å². The lowest BCUT2D eigenvalue weighted by molar-refractivity contribution is -0.182. The fourth-order valence-corrected chi connectivity index (χ4v) is 1.29. The van der Waals surface area contributed by atoms with E-state index >= 15 is 0 Å². The summed E-state index contributed by atoms with van der Waals surface area (Å²) in [7, 11) is 0. The summed E-state index contributed by atoms with van der Waals surface area (Å²) in [5.41, 5.74) is 0.